The molecule has 0 aliphatic heterocycles. The summed E-state index contributed by atoms with van der Waals surface area (Å²) < 4.78 is 15.5. The Kier molecular flexibility index (Phi) is 17.1. The van der Waals surface area contributed by atoms with E-state index in [0.29, 0.717) is 23.1 Å². The van der Waals surface area contributed by atoms with Crippen LogP contribution < -0.4 is 16.3 Å². The van der Waals surface area contributed by atoms with Crippen molar-refractivity contribution in [1.29, 1.82) is 0 Å². The van der Waals surface area contributed by atoms with E-state index in [1.165, 1.54) is 23.1 Å². The third-order valence-corrected chi connectivity index (χ3v) is 7.81. The molecule has 19 heteroatoms. The van der Waals surface area contributed by atoms with Gasteiger partial charge in [-0.05, 0) is 46.7 Å². The molecular formula is C36H45N7O12. The van der Waals surface area contributed by atoms with E-state index in [1.54, 1.807) is 18.2 Å². The molecule has 0 saturated heterocycles. The third kappa shape index (κ3) is 14.4. The van der Waals surface area contributed by atoms with Crippen LogP contribution in [0.2, 0.25) is 0 Å². The molecule has 3 aromatic carbocycles. The minimum Gasteiger partial charge on any atom is -0.464 e. The standard InChI is InChI=1S/C36H45N7O12/c1-4-5-14-32(44)40(33(25(2)3)35(45)51-19-9-20-53-42(47)48)22-26-15-17-28(18-16-26)30-12-6-7-13-31(30)34(37)39-41(38)24-52-36(46)55-29-11-8-10-27(21-29)23-54-43(49)50/h6-8,10-13,15-18,21,25,33H,4-5,9,14,19-20,22-24,38H2,1-3H3,(H2,37,39). The maximum atomic E-state index is 13.4. The van der Waals surface area contributed by atoms with Gasteiger partial charge in [0.25, 0.3) is 10.2 Å². The molecule has 1 amide bonds. The molecule has 55 heavy (non-hydrogen) atoms. The van der Waals surface area contributed by atoms with Crippen molar-refractivity contribution >= 4 is 23.9 Å². The van der Waals surface area contributed by atoms with Crippen LogP contribution in [0.15, 0.2) is 77.9 Å². The number of nitrogens with two attached hydrogens (primary N) is 2. The van der Waals surface area contributed by atoms with Gasteiger partial charge in [-0.25, -0.2) is 15.4 Å². The summed E-state index contributed by atoms with van der Waals surface area (Å²) >= 11 is 0. The van der Waals surface area contributed by atoms with Gasteiger partial charge in [0.15, 0.2) is 12.6 Å². The Labute approximate surface area is 316 Å². The van der Waals surface area contributed by atoms with Gasteiger partial charge in [0.05, 0.1) is 13.2 Å². The zero-order valence-electron chi connectivity index (χ0n) is 30.7. The third-order valence-electron chi connectivity index (χ3n) is 7.81. The van der Waals surface area contributed by atoms with Crippen molar-refractivity contribution in [2.45, 2.75) is 65.6 Å². The van der Waals surface area contributed by atoms with Gasteiger partial charge in [-0.15, -0.1) is 25.3 Å². The second-order valence-electron chi connectivity index (χ2n) is 12.3. The van der Waals surface area contributed by atoms with Crippen molar-refractivity contribution in [3.63, 3.8) is 0 Å². The molecule has 1 atom stereocenters. The summed E-state index contributed by atoms with van der Waals surface area (Å²) in [7, 11) is 0. The van der Waals surface area contributed by atoms with Crippen LogP contribution in [0.1, 0.15) is 63.1 Å². The molecule has 3 aromatic rings. The van der Waals surface area contributed by atoms with E-state index < -0.39 is 35.1 Å². The molecule has 4 N–H and O–H groups in total. The van der Waals surface area contributed by atoms with E-state index in [1.807, 2.05) is 57.2 Å². The van der Waals surface area contributed by atoms with E-state index >= 15 is 0 Å². The van der Waals surface area contributed by atoms with Crippen molar-refractivity contribution in [3.8, 4) is 16.9 Å². The molecule has 0 aromatic heterocycles. The molecule has 0 fully saturated rings. The Morgan fingerprint density at radius 2 is 1.58 bits per heavy atom. The van der Waals surface area contributed by atoms with Crippen LogP contribution in [0.4, 0.5) is 4.79 Å². The molecule has 0 aliphatic rings. The predicted molar refractivity (Wildman–Crippen MR) is 196 cm³/mol. The zero-order valence-corrected chi connectivity index (χ0v) is 30.7. The number of amides is 1. The van der Waals surface area contributed by atoms with E-state index in [9.17, 15) is 34.6 Å². The monoisotopic (exact) mass is 767 g/mol. The number of hydrazone groups is 1. The number of rotatable bonds is 22. The number of carbonyl (C=O) groups is 3. The molecule has 0 spiro atoms. The zero-order chi connectivity index (χ0) is 40.3. The number of unbranched alkanes of at least 4 members (excludes halogenated alkanes) is 1. The average molecular weight is 768 g/mol. The quantitative estimate of drug-likeness (QED) is 0.0161. The second kappa shape index (κ2) is 21.9. The first-order valence-electron chi connectivity index (χ1n) is 17.3. The lowest BCUT2D eigenvalue weighted by Gasteiger charge is -2.33. The van der Waals surface area contributed by atoms with Gasteiger partial charge in [-0.2, -0.15) is 5.12 Å². The summed E-state index contributed by atoms with van der Waals surface area (Å²) in [4.78, 5) is 69.9. The van der Waals surface area contributed by atoms with Crippen LogP contribution in [-0.4, -0.2) is 70.0 Å². The number of amidine groups is 1. The Hall–Kier alpha value is -6.50. The normalized spacial score (nSPS) is 11.6. The Morgan fingerprint density at radius 3 is 2.25 bits per heavy atom. The van der Waals surface area contributed by atoms with Crippen LogP contribution >= 0.6 is 0 Å². The molecule has 19 nitrogen and oxygen atoms in total. The largest absolute Gasteiger partial charge is 0.515 e. The van der Waals surface area contributed by atoms with Gasteiger partial charge in [0, 0.05) is 24.9 Å². The summed E-state index contributed by atoms with van der Waals surface area (Å²) in [6, 6.07) is 19.5. The highest BCUT2D eigenvalue weighted by molar-refractivity contribution is 6.03. The second-order valence-corrected chi connectivity index (χ2v) is 12.3. The summed E-state index contributed by atoms with van der Waals surface area (Å²) in [5.74, 6) is 4.90. The average Bonchev–Trinajstić information content (AvgIpc) is 3.15. The molecule has 296 valence electrons. The summed E-state index contributed by atoms with van der Waals surface area (Å²) in [5.41, 5.74) is 9.44. The first-order valence-corrected chi connectivity index (χ1v) is 17.3. The number of esters is 1. The minimum absolute atomic E-state index is 0.00793. The highest BCUT2D eigenvalue weighted by atomic mass is 17.0. The smallest absolute Gasteiger partial charge is 0.464 e. The van der Waals surface area contributed by atoms with Crippen molar-refractivity contribution in [2.75, 3.05) is 19.9 Å². The first-order chi connectivity index (χ1) is 26.3. The Bertz CT molecular complexity index is 1790. The number of hydrogen-bond donors (Lipinski definition) is 2. The molecule has 0 heterocycles. The number of benzene rings is 3. The summed E-state index contributed by atoms with van der Waals surface area (Å²) in [5, 5.41) is 23.9. The SMILES string of the molecule is CCCCC(=O)N(Cc1ccc(-c2ccccc2/C(N)=N/N(N)COC(=O)Oc2cccc(CO[N+](=O)[O-])c2)cc1)C(C(=O)OCCCO[N+](=O)[O-])C(C)C. The molecule has 0 bridgehead atoms. The predicted octanol–water partition coefficient (Wildman–Crippen LogP) is 4.72. The van der Waals surface area contributed by atoms with Crippen LogP contribution in [0.25, 0.3) is 11.1 Å². The summed E-state index contributed by atoms with van der Waals surface area (Å²) in [6.07, 6.45) is 0.685. The van der Waals surface area contributed by atoms with Gasteiger partial charge in [-0.3, -0.25) is 4.79 Å². The molecular weight excluding hydrogens is 722 g/mol. The van der Waals surface area contributed by atoms with Crippen LogP contribution in [0, 0.1) is 26.1 Å². The van der Waals surface area contributed by atoms with Gasteiger partial charge in [0.2, 0.25) is 5.91 Å². The van der Waals surface area contributed by atoms with Crippen LogP contribution in [0.5, 0.6) is 5.75 Å². The topological polar surface area (TPSA) is 255 Å². The van der Waals surface area contributed by atoms with Gasteiger partial charge in [-0.1, -0.05) is 87.9 Å². The van der Waals surface area contributed by atoms with Crippen molar-refractivity contribution in [2.24, 2.45) is 22.6 Å². The molecule has 0 saturated carbocycles. The molecule has 0 aliphatic carbocycles. The maximum absolute atomic E-state index is 13.4. The molecule has 1 unspecified atom stereocenters. The molecule has 3 rings (SSSR count). The lowest BCUT2D eigenvalue weighted by atomic mass is 9.97. The number of carbonyl (C=O) groups excluding carboxylic acids is 3. The van der Waals surface area contributed by atoms with Crippen molar-refractivity contribution < 1.29 is 48.4 Å². The lowest BCUT2D eigenvalue weighted by molar-refractivity contribution is -0.763. The summed E-state index contributed by atoms with van der Waals surface area (Å²) in [6.45, 7) is 4.54. The number of nitrogens with zero attached hydrogens (tertiary/aromatic N) is 5. The van der Waals surface area contributed by atoms with Crippen molar-refractivity contribution in [3.05, 3.63) is 110 Å². The van der Waals surface area contributed by atoms with Crippen molar-refractivity contribution in [1.82, 2.24) is 10.0 Å². The van der Waals surface area contributed by atoms with Gasteiger partial charge >= 0.3 is 12.1 Å². The highest BCUT2D eigenvalue weighted by Gasteiger charge is 2.33. The van der Waals surface area contributed by atoms with E-state index in [2.05, 4.69) is 14.8 Å². The first kappa shape index (κ1) is 42.9. The van der Waals surface area contributed by atoms with E-state index in [4.69, 9.17) is 25.8 Å². The number of hydrazine groups is 1. The lowest BCUT2D eigenvalue weighted by Crippen LogP contribution is -2.48. The Morgan fingerprint density at radius 1 is 0.873 bits per heavy atom. The van der Waals surface area contributed by atoms with Crippen LogP contribution in [-0.2, 0) is 41.9 Å². The van der Waals surface area contributed by atoms with Crippen LogP contribution in [0.3, 0.4) is 0 Å². The fourth-order valence-corrected chi connectivity index (χ4v) is 5.26. The number of ether oxygens (including phenoxy) is 3. The fraction of sp³-hybridized carbons (Fsp3) is 0.389. The van der Waals surface area contributed by atoms with E-state index in [-0.39, 0.29) is 62.6 Å². The minimum atomic E-state index is -1.11. The fourth-order valence-electron chi connectivity index (χ4n) is 5.26. The van der Waals surface area contributed by atoms with Gasteiger partial charge < -0.3 is 34.5 Å². The van der Waals surface area contributed by atoms with Gasteiger partial charge in [0.1, 0.15) is 18.4 Å². The highest BCUT2D eigenvalue weighted by Crippen LogP contribution is 2.26. The maximum Gasteiger partial charge on any atom is 0.515 e. The Balaban J connectivity index is 1.70. The number of hydrogen-bond acceptors (Lipinski definition) is 15. The molecule has 0 radical (unpaired) electrons. The van der Waals surface area contributed by atoms with E-state index in [0.717, 1.165) is 22.7 Å².